The Bertz CT molecular complexity index is 1060. The van der Waals surface area contributed by atoms with Crippen LogP contribution in [0.4, 0.5) is 5.69 Å². The van der Waals surface area contributed by atoms with E-state index in [1.807, 2.05) is 0 Å². The number of ketones is 1. The summed E-state index contributed by atoms with van der Waals surface area (Å²) in [7, 11) is 0. The summed E-state index contributed by atoms with van der Waals surface area (Å²) in [6.45, 7) is 1.62. The van der Waals surface area contributed by atoms with Gasteiger partial charge in [0.2, 0.25) is 0 Å². The van der Waals surface area contributed by atoms with Crippen molar-refractivity contribution in [2.45, 2.75) is 6.92 Å². The van der Waals surface area contributed by atoms with Crippen LogP contribution < -0.4 is 0 Å². The highest BCUT2D eigenvalue weighted by Crippen LogP contribution is 2.28. The number of hydrogen-bond donors (Lipinski definition) is 0. The molecule has 136 valence electrons. The van der Waals surface area contributed by atoms with Gasteiger partial charge in [-0.25, -0.2) is 0 Å². The summed E-state index contributed by atoms with van der Waals surface area (Å²) < 4.78 is 5.16. The molecule has 0 spiro atoms. The number of hydrogen-bond acceptors (Lipinski definition) is 5. The van der Waals surface area contributed by atoms with E-state index in [1.165, 1.54) is 30.3 Å². The average Bonchev–Trinajstić information content (AvgIpc) is 3.02. The molecule has 0 radical (unpaired) electrons. The van der Waals surface area contributed by atoms with E-state index < -0.39 is 4.92 Å². The van der Waals surface area contributed by atoms with Crippen LogP contribution in [-0.4, -0.2) is 15.9 Å². The highest BCUT2D eigenvalue weighted by atomic mass is 35.5. The van der Waals surface area contributed by atoms with Gasteiger partial charge < -0.3 is 4.52 Å². The van der Waals surface area contributed by atoms with Crippen LogP contribution in [-0.2, 0) is 0 Å². The molecule has 0 aliphatic heterocycles. The first-order valence-corrected chi connectivity index (χ1v) is 8.51. The van der Waals surface area contributed by atoms with Crippen molar-refractivity contribution in [2.75, 3.05) is 0 Å². The second kappa shape index (κ2) is 7.73. The van der Waals surface area contributed by atoms with Gasteiger partial charge in [0.1, 0.15) is 11.5 Å². The lowest BCUT2D eigenvalue weighted by Gasteiger charge is -2.01. The largest absolute Gasteiger partial charge is 0.360 e. The quantitative estimate of drug-likeness (QED) is 0.234. The van der Waals surface area contributed by atoms with Crippen molar-refractivity contribution >= 4 is 40.7 Å². The molecule has 3 rings (SSSR count). The predicted molar refractivity (Wildman–Crippen MR) is 103 cm³/mol. The first-order chi connectivity index (χ1) is 12.9. The van der Waals surface area contributed by atoms with E-state index in [4.69, 9.17) is 27.7 Å². The zero-order chi connectivity index (χ0) is 19.6. The number of non-ortho nitro benzene ring substituents is 1. The molecular weight excluding hydrogens is 391 g/mol. The van der Waals surface area contributed by atoms with Crippen LogP contribution in [0.15, 0.2) is 53.1 Å². The lowest BCUT2D eigenvalue weighted by molar-refractivity contribution is -0.384. The van der Waals surface area contributed by atoms with Gasteiger partial charge in [-0.3, -0.25) is 14.9 Å². The van der Waals surface area contributed by atoms with Crippen LogP contribution in [0.1, 0.15) is 21.7 Å². The molecule has 6 nitrogen and oxygen atoms in total. The van der Waals surface area contributed by atoms with Crippen LogP contribution in [0.25, 0.3) is 17.3 Å². The third-order valence-corrected chi connectivity index (χ3v) is 4.40. The van der Waals surface area contributed by atoms with Crippen LogP contribution in [0.2, 0.25) is 10.0 Å². The third-order valence-electron chi connectivity index (χ3n) is 3.84. The summed E-state index contributed by atoms with van der Waals surface area (Å²) in [5.74, 6) is 0.0216. The van der Waals surface area contributed by atoms with E-state index in [0.717, 1.165) is 0 Å². The van der Waals surface area contributed by atoms with E-state index in [9.17, 15) is 14.9 Å². The minimum Gasteiger partial charge on any atom is -0.360 e. The van der Waals surface area contributed by atoms with Crippen LogP contribution in [0.5, 0.6) is 0 Å². The van der Waals surface area contributed by atoms with Crippen molar-refractivity contribution in [3.8, 4) is 11.3 Å². The van der Waals surface area contributed by atoms with Crippen molar-refractivity contribution < 1.29 is 14.2 Å². The normalized spacial score (nSPS) is 11.1. The molecule has 2 aromatic carbocycles. The van der Waals surface area contributed by atoms with Crippen molar-refractivity contribution in [2.24, 2.45) is 0 Å². The van der Waals surface area contributed by atoms with Gasteiger partial charge in [-0.2, -0.15) is 0 Å². The van der Waals surface area contributed by atoms with Gasteiger partial charge in [0, 0.05) is 27.7 Å². The highest BCUT2D eigenvalue weighted by molar-refractivity contribution is 6.35. The minimum atomic E-state index is -0.498. The fraction of sp³-hybridized carbons (Fsp3) is 0.0526. The van der Waals surface area contributed by atoms with Crippen molar-refractivity contribution in [3.63, 3.8) is 0 Å². The Balaban J connectivity index is 1.92. The number of nitrogens with zero attached hydrogens (tertiary/aromatic N) is 2. The molecule has 0 amide bonds. The van der Waals surface area contributed by atoms with Gasteiger partial charge >= 0.3 is 0 Å². The number of halogens is 2. The molecule has 0 aliphatic carbocycles. The maximum atomic E-state index is 12.7. The molecule has 0 atom stereocenters. The van der Waals surface area contributed by atoms with Crippen LogP contribution in [0.3, 0.4) is 0 Å². The molecule has 27 heavy (non-hydrogen) atoms. The van der Waals surface area contributed by atoms with Gasteiger partial charge in [0.25, 0.3) is 5.69 Å². The Hall–Kier alpha value is -2.96. The fourth-order valence-electron chi connectivity index (χ4n) is 2.49. The molecule has 0 unspecified atom stereocenters. The first kappa shape index (κ1) is 18.8. The third kappa shape index (κ3) is 4.07. The highest BCUT2D eigenvalue weighted by Gasteiger charge is 2.20. The number of nitro benzene ring substituents is 1. The van der Waals surface area contributed by atoms with Crippen molar-refractivity contribution in [1.29, 1.82) is 0 Å². The Morgan fingerprint density at radius 3 is 2.52 bits per heavy atom. The molecule has 0 bridgehead atoms. The second-order valence-corrected chi connectivity index (χ2v) is 6.47. The number of carbonyl (C=O) groups is 1. The number of carbonyl (C=O) groups excluding carboxylic acids is 1. The number of nitro groups is 1. The SMILES string of the molecule is Cc1onc(-c2ccc([N+](=O)[O-])cc2)c1C(=O)/C=C/c1ccc(Cl)cc1Cl. The molecule has 0 aliphatic rings. The van der Waals surface area contributed by atoms with Gasteiger partial charge in [-0.1, -0.05) is 34.4 Å². The Morgan fingerprint density at radius 2 is 1.89 bits per heavy atom. The summed E-state index contributed by atoms with van der Waals surface area (Å²) in [6.07, 6.45) is 2.94. The average molecular weight is 403 g/mol. The van der Waals surface area contributed by atoms with Crippen LogP contribution in [0, 0.1) is 17.0 Å². The zero-order valence-corrected chi connectivity index (χ0v) is 15.5. The molecule has 0 fully saturated rings. The van der Waals surface area contributed by atoms with E-state index in [1.54, 1.807) is 31.2 Å². The molecular formula is C19H12Cl2N2O4. The van der Waals surface area contributed by atoms with Gasteiger partial charge in [-0.05, 0) is 48.9 Å². The number of allylic oxidation sites excluding steroid dienone is 1. The molecule has 8 heteroatoms. The lowest BCUT2D eigenvalue weighted by Crippen LogP contribution is -1.98. The fourth-order valence-corrected chi connectivity index (χ4v) is 2.96. The standard InChI is InChI=1S/C19H12Cl2N2O4/c1-11-18(17(24)9-5-12-2-6-14(20)10-16(12)21)19(22-27-11)13-3-7-15(8-4-13)23(25)26/h2-10H,1H3/b9-5+. The Morgan fingerprint density at radius 1 is 1.19 bits per heavy atom. The zero-order valence-electron chi connectivity index (χ0n) is 14.0. The minimum absolute atomic E-state index is 0.0517. The maximum absolute atomic E-state index is 12.7. The Labute approximate surface area is 164 Å². The number of aromatic nitrogens is 1. The summed E-state index contributed by atoms with van der Waals surface area (Å²) in [5, 5.41) is 15.6. The van der Waals surface area contributed by atoms with Gasteiger partial charge in [0.05, 0.1) is 10.5 Å². The topological polar surface area (TPSA) is 86.2 Å². The van der Waals surface area contributed by atoms with Crippen LogP contribution >= 0.6 is 23.2 Å². The van der Waals surface area contributed by atoms with Gasteiger partial charge in [0.15, 0.2) is 5.78 Å². The number of rotatable bonds is 5. The van der Waals surface area contributed by atoms with E-state index in [2.05, 4.69) is 5.16 Å². The van der Waals surface area contributed by atoms with Crippen molar-refractivity contribution in [1.82, 2.24) is 5.16 Å². The molecule has 0 N–H and O–H groups in total. The van der Waals surface area contributed by atoms with Gasteiger partial charge in [-0.15, -0.1) is 0 Å². The summed E-state index contributed by atoms with van der Waals surface area (Å²) in [4.78, 5) is 23.0. The monoisotopic (exact) mass is 402 g/mol. The van der Waals surface area contributed by atoms with E-state index >= 15 is 0 Å². The smallest absolute Gasteiger partial charge is 0.269 e. The van der Waals surface area contributed by atoms with E-state index in [0.29, 0.717) is 32.6 Å². The lowest BCUT2D eigenvalue weighted by atomic mass is 10.0. The Kier molecular flexibility index (Phi) is 5.39. The summed E-state index contributed by atoms with van der Waals surface area (Å²) >= 11 is 12.0. The molecule has 1 aromatic heterocycles. The molecule has 0 saturated carbocycles. The second-order valence-electron chi connectivity index (χ2n) is 5.63. The van der Waals surface area contributed by atoms with Crippen molar-refractivity contribution in [3.05, 3.63) is 85.6 Å². The predicted octanol–water partition coefficient (Wildman–Crippen LogP) is 5.76. The number of aryl methyl sites for hydroxylation is 1. The maximum Gasteiger partial charge on any atom is 0.269 e. The molecule has 3 aromatic rings. The molecule has 0 saturated heterocycles. The molecule has 1 heterocycles. The summed E-state index contributed by atoms with van der Waals surface area (Å²) in [6, 6.07) is 10.7. The summed E-state index contributed by atoms with van der Waals surface area (Å²) in [5.41, 5.74) is 1.73. The first-order valence-electron chi connectivity index (χ1n) is 7.75. The van der Waals surface area contributed by atoms with E-state index in [-0.39, 0.29) is 17.0 Å². The number of benzene rings is 2.